The number of anilines is 1. The second kappa shape index (κ2) is 4.77. The largest absolute Gasteiger partial charge is 0.377 e. The lowest BCUT2D eigenvalue weighted by atomic mass is 10.1. The van der Waals surface area contributed by atoms with Crippen LogP contribution < -0.4 is 5.32 Å². The van der Waals surface area contributed by atoms with Crippen molar-refractivity contribution in [3.63, 3.8) is 0 Å². The SMILES string of the molecule is CC(Nc1ccc2c(c1)Cc1ccccc1-2)c1ccn[nH]1. The lowest BCUT2D eigenvalue weighted by Gasteiger charge is -2.14. The number of rotatable bonds is 3. The van der Waals surface area contributed by atoms with Gasteiger partial charge in [0.2, 0.25) is 0 Å². The summed E-state index contributed by atoms with van der Waals surface area (Å²) in [5, 5.41) is 10.5. The maximum atomic E-state index is 4.00. The zero-order valence-corrected chi connectivity index (χ0v) is 11.9. The molecule has 1 heterocycles. The Balaban J connectivity index is 1.62. The molecule has 104 valence electrons. The molecule has 0 saturated heterocycles. The highest BCUT2D eigenvalue weighted by molar-refractivity contribution is 5.78. The summed E-state index contributed by atoms with van der Waals surface area (Å²) in [5.41, 5.74) is 7.82. The van der Waals surface area contributed by atoms with Crippen molar-refractivity contribution < 1.29 is 0 Å². The lowest BCUT2D eigenvalue weighted by molar-refractivity contribution is 0.825. The number of H-pyrrole nitrogens is 1. The molecule has 1 aliphatic carbocycles. The van der Waals surface area contributed by atoms with Crippen molar-refractivity contribution in [3.8, 4) is 11.1 Å². The summed E-state index contributed by atoms with van der Waals surface area (Å²) in [6, 6.07) is 17.5. The van der Waals surface area contributed by atoms with Crippen LogP contribution >= 0.6 is 0 Å². The molecule has 3 nitrogen and oxygen atoms in total. The van der Waals surface area contributed by atoms with Gasteiger partial charge in [0.05, 0.1) is 11.7 Å². The minimum atomic E-state index is 0.217. The maximum Gasteiger partial charge on any atom is 0.0651 e. The normalized spacial score (nSPS) is 13.6. The summed E-state index contributed by atoms with van der Waals surface area (Å²) >= 11 is 0. The van der Waals surface area contributed by atoms with Gasteiger partial charge in [-0.25, -0.2) is 0 Å². The summed E-state index contributed by atoms with van der Waals surface area (Å²) < 4.78 is 0. The van der Waals surface area contributed by atoms with Crippen LogP contribution in [0.4, 0.5) is 5.69 Å². The van der Waals surface area contributed by atoms with Gasteiger partial charge < -0.3 is 5.32 Å². The summed E-state index contributed by atoms with van der Waals surface area (Å²) in [4.78, 5) is 0. The fourth-order valence-electron chi connectivity index (χ4n) is 3.07. The Labute approximate surface area is 124 Å². The summed E-state index contributed by atoms with van der Waals surface area (Å²) in [7, 11) is 0. The Morgan fingerprint density at radius 1 is 1.05 bits per heavy atom. The average molecular weight is 275 g/mol. The van der Waals surface area contributed by atoms with Crippen molar-refractivity contribution in [2.45, 2.75) is 19.4 Å². The third-order valence-electron chi connectivity index (χ3n) is 4.17. The quantitative estimate of drug-likeness (QED) is 0.589. The minimum Gasteiger partial charge on any atom is -0.377 e. The van der Waals surface area contributed by atoms with Gasteiger partial charge in [-0.05, 0) is 53.8 Å². The van der Waals surface area contributed by atoms with Gasteiger partial charge in [0, 0.05) is 11.9 Å². The van der Waals surface area contributed by atoms with Crippen molar-refractivity contribution >= 4 is 5.69 Å². The number of fused-ring (bicyclic) bond motifs is 3. The molecule has 1 aliphatic rings. The predicted molar refractivity (Wildman–Crippen MR) is 85.3 cm³/mol. The number of hydrogen-bond acceptors (Lipinski definition) is 2. The van der Waals surface area contributed by atoms with E-state index in [1.165, 1.54) is 22.3 Å². The highest BCUT2D eigenvalue weighted by Gasteiger charge is 2.18. The molecule has 2 aromatic carbocycles. The first kappa shape index (κ1) is 12.2. The van der Waals surface area contributed by atoms with Gasteiger partial charge in [-0.1, -0.05) is 30.3 Å². The Hall–Kier alpha value is -2.55. The molecule has 0 radical (unpaired) electrons. The molecule has 3 aromatic rings. The number of aromatic nitrogens is 2. The van der Waals surface area contributed by atoms with Crippen LogP contribution in [-0.2, 0) is 6.42 Å². The monoisotopic (exact) mass is 275 g/mol. The van der Waals surface area contributed by atoms with E-state index in [9.17, 15) is 0 Å². The van der Waals surface area contributed by atoms with Gasteiger partial charge in [-0.3, -0.25) is 5.10 Å². The number of aromatic amines is 1. The van der Waals surface area contributed by atoms with E-state index in [-0.39, 0.29) is 6.04 Å². The highest BCUT2D eigenvalue weighted by atomic mass is 15.1. The van der Waals surface area contributed by atoms with E-state index in [1.807, 2.05) is 6.07 Å². The van der Waals surface area contributed by atoms with E-state index in [4.69, 9.17) is 0 Å². The second-order valence-corrected chi connectivity index (χ2v) is 5.58. The highest BCUT2D eigenvalue weighted by Crippen LogP contribution is 2.37. The molecule has 0 bridgehead atoms. The third-order valence-corrected chi connectivity index (χ3v) is 4.17. The second-order valence-electron chi connectivity index (χ2n) is 5.58. The molecule has 0 amide bonds. The van der Waals surface area contributed by atoms with Crippen LogP contribution in [0.1, 0.15) is 29.8 Å². The van der Waals surface area contributed by atoms with Gasteiger partial charge in [0.1, 0.15) is 0 Å². The van der Waals surface area contributed by atoms with Crippen LogP contribution in [0.15, 0.2) is 54.7 Å². The van der Waals surface area contributed by atoms with Gasteiger partial charge in [0.15, 0.2) is 0 Å². The zero-order valence-electron chi connectivity index (χ0n) is 11.9. The fraction of sp³-hybridized carbons (Fsp3) is 0.167. The summed E-state index contributed by atoms with van der Waals surface area (Å²) in [6.07, 6.45) is 2.81. The molecule has 0 fully saturated rings. The Bertz CT molecular complexity index is 775. The van der Waals surface area contributed by atoms with Crippen molar-refractivity contribution in [2.75, 3.05) is 5.32 Å². The van der Waals surface area contributed by atoms with E-state index in [0.29, 0.717) is 0 Å². The Kier molecular flexibility index (Phi) is 2.78. The molecule has 1 unspecified atom stereocenters. The van der Waals surface area contributed by atoms with Crippen molar-refractivity contribution in [2.24, 2.45) is 0 Å². The zero-order chi connectivity index (χ0) is 14.2. The molecule has 0 saturated carbocycles. The van der Waals surface area contributed by atoms with Gasteiger partial charge in [-0.2, -0.15) is 5.10 Å². The predicted octanol–water partition coefficient (Wildman–Crippen LogP) is 4.15. The van der Waals surface area contributed by atoms with Crippen LogP contribution in [0.2, 0.25) is 0 Å². The molecular formula is C18H17N3. The van der Waals surface area contributed by atoms with Crippen LogP contribution in [0.3, 0.4) is 0 Å². The van der Waals surface area contributed by atoms with E-state index in [1.54, 1.807) is 6.20 Å². The lowest BCUT2D eigenvalue weighted by Crippen LogP contribution is -2.07. The summed E-state index contributed by atoms with van der Waals surface area (Å²) in [5.74, 6) is 0. The topological polar surface area (TPSA) is 40.7 Å². The van der Waals surface area contributed by atoms with E-state index in [0.717, 1.165) is 17.8 Å². The van der Waals surface area contributed by atoms with Crippen molar-refractivity contribution in [1.29, 1.82) is 0 Å². The molecule has 3 heteroatoms. The first-order valence-electron chi connectivity index (χ1n) is 7.28. The van der Waals surface area contributed by atoms with Crippen molar-refractivity contribution in [1.82, 2.24) is 10.2 Å². The van der Waals surface area contributed by atoms with E-state index in [2.05, 4.69) is 64.9 Å². The Morgan fingerprint density at radius 2 is 1.90 bits per heavy atom. The maximum absolute atomic E-state index is 4.00. The van der Waals surface area contributed by atoms with Crippen LogP contribution in [0.25, 0.3) is 11.1 Å². The smallest absolute Gasteiger partial charge is 0.0651 e. The number of hydrogen-bond donors (Lipinski definition) is 2. The molecule has 21 heavy (non-hydrogen) atoms. The van der Waals surface area contributed by atoms with Gasteiger partial charge in [0.25, 0.3) is 0 Å². The molecule has 4 rings (SSSR count). The number of benzene rings is 2. The fourth-order valence-corrected chi connectivity index (χ4v) is 3.07. The molecule has 1 atom stereocenters. The van der Waals surface area contributed by atoms with Crippen LogP contribution in [0.5, 0.6) is 0 Å². The van der Waals surface area contributed by atoms with Crippen LogP contribution in [0, 0.1) is 0 Å². The van der Waals surface area contributed by atoms with Gasteiger partial charge >= 0.3 is 0 Å². The van der Waals surface area contributed by atoms with E-state index >= 15 is 0 Å². The molecule has 0 spiro atoms. The molecule has 1 aromatic heterocycles. The standard InChI is InChI=1S/C18H17N3/c1-12(18-8-9-19-21-18)20-15-6-7-17-14(11-15)10-13-4-2-3-5-16(13)17/h2-9,11-12,20H,10H2,1H3,(H,19,21). The average Bonchev–Trinajstić information content (AvgIpc) is 3.14. The summed E-state index contributed by atoms with van der Waals surface area (Å²) in [6.45, 7) is 2.13. The van der Waals surface area contributed by atoms with Crippen LogP contribution in [-0.4, -0.2) is 10.2 Å². The first-order valence-corrected chi connectivity index (χ1v) is 7.28. The molecule has 0 aliphatic heterocycles. The van der Waals surface area contributed by atoms with Gasteiger partial charge in [-0.15, -0.1) is 0 Å². The Morgan fingerprint density at radius 3 is 2.76 bits per heavy atom. The number of nitrogens with zero attached hydrogens (tertiary/aromatic N) is 1. The third kappa shape index (κ3) is 2.11. The molecular weight excluding hydrogens is 258 g/mol. The van der Waals surface area contributed by atoms with E-state index < -0.39 is 0 Å². The number of nitrogens with one attached hydrogen (secondary N) is 2. The van der Waals surface area contributed by atoms with Crippen molar-refractivity contribution in [3.05, 3.63) is 71.5 Å². The molecule has 2 N–H and O–H groups in total. The minimum absolute atomic E-state index is 0.217. The first-order chi connectivity index (χ1) is 10.3.